The summed E-state index contributed by atoms with van der Waals surface area (Å²) < 4.78 is 13.7. The van der Waals surface area contributed by atoms with Crippen LogP contribution in [0.4, 0.5) is 4.39 Å². The Labute approximate surface area is 101 Å². The molecule has 2 unspecified atom stereocenters. The lowest BCUT2D eigenvalue weighted by atomic mass is 10.1. The summed E-state index contributed by atoms with van der Waals surface area (Å²) in [6, 6.07) is 6.40. The van der Waals surface area contributed by atoms with Crippen molar-refractivity contribution in [2.24, 2.45) is 0 Å². The van der Waals surface area contributed by atoms with E-state index in [0.717, 1.165) is 6.42 Å². The minimum atomic E-state index is -0.335. The molecule has 4 heteroatoms. The van der Waals surface area contributed by atoms with Gasteiger partial charge in [0.05, 0.1) is 6.04 Å². The Morgan fingerprint density at radius 3 is 2.65 bits per heavy atom. The maximum absolute atomic E-state index is 13.7. The third-order valence-electron chi connectivity index (χ3n) is 3.20. The molecule has 0 bridgehead atoms. The minimum absolute atomic E-state index is 0.0586. The average Bonchev–Trinajstić information content (AvgIpc) is 2.66. The van der Waals surface area contributed by atoms with Gasteiger partial charge in [0, 0.05) is 12.1 Å². The van der Waals surface area contributed by atoms with E-state index in [1.54, 1.807) is 23.1 Å². The van der Waals surface area contributed by atoms with Crippen molar-refractivity contribution in [2.45, 2.75) is 32.5 Å². The molecule has 0 aliphatic carbocycles. The van der Waals surface area contributed by atoms with Crippen molar-refractivity contribution in [3.05, 3.63) is 35.6 Å². The molecule has 2 atom stereocenters. The van der Waals surface area contributed by atoms with Crippen LogP contribution in [0, 0.1) is 5.82 Å². The zero-order chi connectivity index (χ0) is 12.4. The second-order valence-electron chi connectivity index (χ2n) is 4.18. The zero-order valence-corrected chi connectivity index (χ0v) is 10.1. The average molecular weight is 236 g/mol. The molecule has 1 heterocycles. The lowest BCUT2D eigenvalue weighted by Crippen LogP contribution is -2.30. The summed E-state index contributed by atoms with van der Waals surface area (Å²) in [7, 11) is 0. The number of amides is 1. The second kappa shape index (κ2) is 4.84. The molecule has 1 saturated heterocycles. The molecular formula is C13H17FN2O. The largest absolute Gasteiger partial charge is 0.322 e. The second-order valence-corrected chi connectivity index (χ2v) is 4.18. The van der Waals surface area contributed by atoms with Gasteiger partial charge in [0.15, 0.2) is 0 Å². The summed E-state index contributed by atoms with van der Waals surface area (Å²) in [6.07, 6.45) is 0.388. The molecule has 1 aliphatic heterocycles. The summed E-state index contributed by atoms with van der Waals surface area (Å²) in [5.74, 6) is -0.212. The van der Waals surface area contributed by atoms with Gasteiger partial charge in [0.1, 0.15) is 12.0 Å². The Hall–Kier alpha value is -1.42. The topological polar surface area (TPSA) is 32.3 Å². The Morgan fingerprint density at radius 2 is 2.06 bits per heavy atom. The van der Waals surface area contributed by atoms with E-state index in [1.165, 1.54) is 6.07 Å². The molecule has 0 radical (unpaired) electrons. The van der Waals surface area contributed by atoms with Crippen molar-refractivity contribution in [1.82, 2.24) is 10.2 Å². The first-order valence-corrected chi connectivity index (χ1v) is 6.00. The van der Waals surface area contributed by atoms with Crippen LogP contribution in [-0.4, -0.2) is 23.4 Å². The van der Waals surface area contributed by atoms with Gasteiger partial charge >= 0.3 is 0 Å². The highest BCUT2D eigenvalue weighted by Gasteiger charge is 2.38. The molecule has 1 fully saturated rings. The van der Waals surface area contributed by atoms with Crippen LogP contribution in [0.15, 0.2) is 24.3 Å². The Balaban J connectivity index is 2.33. The van der Waals surface area contributed by atoms with Gasteiger partial charge in [-0.2, -0.15) is 0 Å². The number of hydrogen-bond donors (Lipinski definition) is 1. The highest BCUT2D eigenvalue weighted by Crippen LogP contribution is 2.27. The van der Waals surface area contributed by atoms with Crippen LogP contribution in [0.3, 0.4) is 0 Å². The Kier molecular flexibility index (Phi) is 3.43. The van der Waals surface area contributed by atoms with Gasteiger partial charge in [-0.3, -0.25) is 10.1 Å². The molecule has 1 aliphatic rings. The van der Waals surface area contributed by atoms with Crippen molar-refractivity contribution in [3.8, 4) is 0 Å². The van der Waals surface area contributed by atoms with E-state index in [0.29, 0.717) is 12.1 Å². The summed E-state index contributed by atoms with van der Waals surface area (Å²) in [6.45, 7) is 4.44. The first-order valence-electron chi connectivity index (χ1n) is 6.00. The van der Waals surface area contributed by atoms with E-state index in [4.69, 9.17) is 0 Å². The normalized spacial score (nSPS) is 24.4. The molecule has 1 aromatic rings. The minimum Gasteiger partial charge on any atom is -0.322 e. The molecule has 2 rings (SSSR count). The molecule has 0 spiro atoms. The number of carbonyl (C=O) groups excluding carboxylic acids is 1. The summed E-state index contributed by atoms with van der Waals surface area (Å²) in [5, 5.41) is 3.18. The lowest BCUT2D eigenvalue weighted by molar-refractivity contribution is -0.129. The van der Waals surface area contributed by atoms with Gasteiger partial charge < -0.3 is 4.90 Å². The molecular weight excluding hydrogens is 219 g/mol. The fourth-order valence-corrected chi connectivity index (χ4v) is 2.26. The monoisotopic (exact) mass is 236 g/mol. The van der Waals surface area contributed by atoms with Gasteiger partial charge in [0.25, 0.3) is 0 Å². The van der Waals surface area contributed by atoms with Crippen molar-refractivity contribution in [1.29, 1.82) is 0 Å². The molecule has 92 valence electrons. The van der Waals surface area contributed by atoms with Crippen LogP contribution in [0.5, 0.6) is 0 Å². The Morgan fingerprint density at radius 1 is 1.35 bits per heavy atom. The van der Waals surface area contributed by atoms with Gasteiger partial charge in [-0.1, -0.05) is 25.1 Å². The van der Waals surface area contributed by atoms with E-state index in [9.17, 15) is 9.18 Å². The zero-order valence-electron chi connectivity index (χ0n) is 10.1. The first kappa shape index (κ1) is 12.0. The van der Waals surface area contributed by atoms with Gasteiger partial charge in [-0.25, -0.2) is 4.39 Å². The maximum Gasteiger partial charge on any atom is 0.241 e. The van der Waals surface area contributed by atoms with Crippen molar-refractivity contribution >= 4 is 5.91 Å². The molecule has 0 saturated carbocycles. The van der Waals surface area contributed by atoms with Crippen LogP contribution in [0.1, 0.15) is 32.0 Å². The highest BCUT2D eigenvalue weighted by molar-refractivity contribution is 5.84. The first-order chi connectivity index (χ1) is 8.19. The van der Waals surface area contributed by atoms with Crippen LogP contribution >= 0.6 is 0 Å². The number of benzene rings is 1. The molecule has 0 aromatic heterocycles. The van der Waals surface area contributed by atoms with Gasteiger partial charge in [-0.05, 0) is 19.4 Å². The molecule has 1 aromatic carbocycles. The number of hydrogen-bond acceptors (Lipinski definition) is 2. The predicted octanol–water partition coefficient (Wildman–Crippen LogP) is 2.05. The lowest BCUT2D eigenvalue weighted by Gasteiger charge is -2.23. The van der Waals surface area contributed by atoms with E-state index < -0.39 is 0 Å². The van der Waals surface area contributed by atoms with E-state index in [1.807, 2.05) is 13.8 Å². The van der Waals surface area contributed by atoms with Crippen molar-refractivity contribution < 1.29 is 9.18 Å². The molecule has 17 heavy (non-hydrogen) atoms. The van der Waals surface area contributed by atoms with E-state index in [2.05, 4.69) is 5.32 Å². The third kappa shape index (κ3) is 2.05. The van der Waals surface area contributed by atoms with Crippen LogP contribution in [0.25, 0.3) is 0 Å². The number of likely N-dealkylation sites (N-methyl/N-ethyl adjacent to an activating group) is 1. The van der Waals surface area contributed by atoms with Crippen molar-refractivity contribution in [2.75, 3.05) is 6.54 Å². The smallest absolute Gasteiger partial charge is 0.241 e. The van der Waals surface area contributed by atoms with E-state index in [-0.39, 0.29) is 23.9 Å². The number of nitrogens with zero attached hydrogens (tertiary/aromatic N) is 1. The number of halogens is 1. The number of nitrogens with one attached hydrogen (secondary N) is 1. The summed E-state index contributed by atoms with van der Waals surface area (Å²) >= 11 is 0. The third-order valence-corrected chi connectivity index (χ3v) is 3.20. The summed E-state index contributed by atoms with van der Waals surface area (Å²) in [4.78, 5) is 13.7. The fraction of sp³-hybridized carbons (Fsp3) is 0.462. The number of rotatable bonds is 3. The predicted molar refractivity (Wildman–Crippen MR) is 63.7 cm³/mol. The van der Waals surface area contributed by atoms with Crippen molar-refractivity contribution in [3.63, 3.8) is 0 Å². The van der Waals surface area contributed by atoms with Crippen LogP contribution in [-0.2, 0) is 4.79 Å². The van der Waals surface area contributed by atoms with E-state index >= 15 is 0 Å². The van der Waals surface area contributed by atoms with Gasteiger partial charge in [-0.15, -0.1) is 0 Å². The molecule has 1 N–H and O–H groups in total. The highest BCUT2D eigenvalue weighted by atomic mass is 19.1. The van der Waals surface area contributed by atoms with Crippen LogP contribution in [0.2, 0.25) is 0 Å². The summed E-state index contributed by atoms with van der Waals surface area (Å²) in [5.41, 5.74) is 0.540. The van der Waals surface area contributed by atoms with Gasteiger partial charge in [0.2, 0.25) is 5.91 Å². The quantitative estimate of drug-likeness (QED) is 0.871. The number of carbonyl (C=O) groups is 1. The SMILES string of the molecule is CCC1NC(c2ccccc2F)N(CC)C1=O. The standard InChI is InChI=1S/C13H17FN2O/c1-3-11-13(17)16(4-2)12(15-11)9-7-5-6-8-10(9)14/h5-8,11-12,15H,3-4H2,1-2H3. The fourth-order valence-electron chi connectivity index (χ4n) is 2.26. The molecule has 3 nitrogen and oxygen atoms in total. The van der Waals surface area contributed by atoms with Crippen LogP contribution < -0.4 is 5.32 Å². The maximum atomic E-state index is 13.7. The molecule has 1 amide bonds. The Bertz CT molecular complexity index is 422.